The van der Waals surface area contributed by atoms with Gasteiger partial charge in [-0.1, -0.05) is 72.8 Å². The summed E-state index contributed by atoms with van der Waals surface area (Å²) < 4.78 is 17.7. The Hall–Kier alpha value is -4.76. The molecular formula is C45H65N3O8Si2. The molecule has 0 aliphatic heterocycles. The van der Waals surface area contributed by atoms with Crippen LogP contribution >= 0.6 is 0 Å². The van der Waals surface area contributed by atoms with Crippen LogP contribution in [-0.4, -0.2) is 106 Å². The smallest absolute Gasteiger partial charge is 0.410 e. The van der Waals surface area contributed by atoms with Gasteiger partial charge < -0.3 is 23.4 Å². The van der Waals surface area contributed by atoms with Gasteiger partial charge in [0.15, 0.2) is 5.78 Å². The predicted octanol–water partition coefficient (Wildman–Crippen LogP) is 7.79. The van der Waals surface area contributed by atoms with E-state index in [2.05, 4.69) is 19.6 Å². The first-order valence-corrected chi connectivity index (χ1v) is 26.8. The van der Waals surface area contributed by atoms with E-state index in [1.807, 2.05) is 105 Å². The highest BCUT2D eigenvalue weighted by Crippen LogP contribution is 2.24. The van der Waals surface area contributed by atoms with Crippen molar-refractivity contribution in [3.8, 4) is 5.75 Å². The second-order valence-electron chi connectivity index (χ2n) is 18.0. The number of ketones is 1. The summed E-state index contributed by atoms with van der Waals surface area (Å²) in [6.07, 6.45) is -0.207. The molecule has 3 amide bonds. The molecule has 0 aromatic heterocycles. The van der Waals surface area contributed by atoms with Crippen LogP contribution in [0.2, 0.25) is 39.3 Å². The minimum atomic E-state index is -2.30. The zero-order chi connectivity index (χ0) is 43.6. The van der Waals surface area contributed by atoms with Crippen LogP contribution in [0.1, 0.15) is 50.8 Å². The summed E-state index contributed by atoms with van der Waals surface area (Å²) in [6.45, 7) is 19.0. The summed E-state index contributed by atoms with van der Waals surface area (Å²) >= 11 is 0. The zero-order valence-corrected chi connectivity index (χ0v) is 38.8. The summed E-state index contributed by atoms with van der Waals surface area (Å²) in [4.78, 5) is 74.3. The molecule has 0 fully saturated rings. The molecule has 13 heteroatoms. The largest absolute Gasteiger partial charge is 0.544 e. The van der Waals surface area contributed by atoms with E-state index in [0.717, 1.165) is 22.4 Å². The van der Waals surface area contributed by atoms with E-state index in [1.54, 1.807) is 41.8 Å². The van der Waals surface area contributed by atoms with E-state index in [0.29, 0.717) is 0 Å². The first-order valence-electron chi connectivity index (χ1n) is 20.0. The molecule has 58 heavy (non-hydrogen) atoms. The van der Waals surface area contributed by atoms with Crippen molar-refractivity contribution in [1.82, 2.24) is 14.7 Å². The Bertz CT molecular complexity index is 1840. The van der Waals surface area contributed by atoms with Crippen molar-refractivity contribution in [2.45, 2.75) is 116 Å². The maximum absolute atomic E-state index is 14.6. The number of benzene rings is 3. The fourth-order valence-corrected chi connectivity index (χ4v) is 7.93. The fraction of sp³-hybridized carbons (Fsp3) is 0.489. The third kappa shape index (κ3) is 15.2. The maximum Gasteiger partial charge on any atom is 0.410 e. The van der Waals surface area contributed by atoms with Gasteiger partial charge in [-0.15, -0.1) is 0 Å². The summed E-state index contributed by atoms with van der Waals surface area (Å²) in [5.74, 6) is -1.70. The molecule has 0 unspecified atom stereocenters. The first kappa shape index (κ1) is 47.6. The number of nitrogens with zero attached hydrogens (tertiary/aromatic N) is 3. The van der Waals surface area contributed by atoms with Gasteiger partial charge in [-0.2, -0.15) is 0 Å². The molecule has 11 nitrogen and oxygen atoms in total. The first-order chi connectivity index (χ1) is 26.8. The van der Waals surface area contributed by atoms with Crippen molar-refractivity contribution in [2.75, 3.05) is 21.1 Å². The third-order valence-electron chi connectivity index (χ3n) is 9.49. The normalized spacial score (nSPS) is 13.9. The molecule has 316 valence electrons. The highest BCUT2D eigenvalue weighted by atomic mass is 28.4. The Morgan fingerprint density at radius 2 is 1.05 bits per heavy atom. The van der Waals surface area contributed by atoms with Crippen molar-refractivity contribution < 1.29 is 37.6 Å². The maximum atomic E-state index is 14.6. The van der Waals surface area contributed by atoms with Crippen LogP contribution in [0.15, 0.2) is 84.9 Å². The van der Waals surface area contributed by atoms with Gasteiger partial charge in [-0.3, -0.25) is 24.1 Å². The number of likely N-dealkylation sites (N-methyl/N-ethyl adjacent to an activating group) is 3. The van der Waals surface area contributed by atoms with Gasteiger partial charge in [0.2, 0.25) is 28.4 Å². The summed E-state index contributed by atoms with van der Waals surface area (Å²) in [5.41, 5.74) is 1.69. The van der Waals surface area contributed by atoms with Gasteiger partial charge in [-0.05, 0) is 102 Å². The second-order valence-corrected chi connectivity index (χ2v) is 26.9. The molecule has 0 saturated heterocycles. The Morgan fingerprint density at radius 3 is 1.50 bits per heavy atom. The van der Waals surface area contributed by atoms with Crippen molar-refractivity contribution in [1.29, 1.82) is 0 Å². The molecule has 0 spiro atoms. The number of hydrogen-bond acceptors (Lipinski definition) is 8. The Balaban J connectivity index is 1.93. The van der Waals surface area contributed by atoms with Gasteiger partial charge in [0.1, 0.15) is 23.4 Å². The Labute approximate surface area is 348 Å². The molecule has 3 aromatic carbocycles. The number of carbonyl (C=O) groups excluding carboxylic acids is 5. The topological polar surface area (TPSA) is 123 Å². The van der Waals surface area contributed by atoms with Gasteiger partial charge in [0.25, 0.3) is 5.97 Å². The predicted molar refractivity (Wildman–Crippen MR) is 234 cm³/mol. The molecule has 0 radical (unpaired) electrons. The highest BCUT2D eigenvalue weighted by molar-refractivity contribution is 6.71. The third-order valence-corrected chi connectivity index (χ3v) is 11.2. The minimum absolute atomic E-state index is 0.146. The quantitative estimate of drug-likeness (QED) is 0.119. The van der Waals surface area contributed by atoms with E-state index >= 15 is 0 Å². The van der Waals surface area contributed by atoms with Gasteiger partial charge in [0.05, 0.1) is 12.0 Å². The lowest BCUT2D eigenvalue weighted by Crippen LogP contribution is -2.57. The van der Waals surface area contributed by atoms with Gasteiger partial charge in [-0.25, -0.2) is 4.79 Å². The minimum Gasteiger partial charge on any atom is -0.544 e. The molecule has 4 atom stereocenters. The van der Waals surface area contributed by atoms with Crippen LogP contribution in [-0.2, 0) is 47.6 Å². The summed E-state index contributed by atoms with van der Waals surface area (Å²) in [5, 5.41) is 0. The number of carbonyl (C=O) groups is 5. The van der Waals surface area contributed by atoms with Crippen molar-refractivity contribution >= 4 is 46.3 Å². The number of ether oxygens (including phenoxy) is 1. The average molecular weight is 832 g/mol. The zero-order valence-electron chi connectivity index (χ0n) is 36.8. The molecule has 0 aliphatic carbocycles. The lowest BCUT2D eigenvalue weighted by Gasteiger charge is -2.37. The SMILES string of the molecule is C[C@@H](C(=O)C[C@@H](Cc1ccc(O[Si](C)(C)C)cc1)C(=O)O[Si](C)(C)C)N(C)C(=O)[C@H](Cc1ccccc1)N(C)C(=O)[C@H](Cc1ccccc1)N(C)C(=O)OC(C)(C)C. The van der Waals surface area contributed by atoms with Crippen molar-refractivity contribution in [3.05, 3.63) is 102 Å². The number of amides is 3. The van der Waals surface area contributed by atoms with Gasteiger partial charge >= 0.3 is 6.09 Å². The summed E-state index contributed by atoms with van der Waals surface area (Å²) in [6, 6.07) is 23.3. The molecule has 3 aromatic rings. The fourth-order valence-electron chi connectivity index (χ4n) is 6.32. The average Bonchev–Trinajstić information content (AvgIpc) is 3.13. The Kier molecular flexibility index (Phi) is 16.7. The standard InChI is InChI=1S/C45H65N3O8Si2/c1-32(40(49)31-36(43(52)56-58(11,12)13)28-35-24-26-37(27-25-35)55-57(8,9)10)46(5)41(50)38(29-33-20-16-14-17-21-33)47(6)42(51)39(30-34-22-18-15-19-23-34)48(7)44(53)54-45(2,3)4/h14-27,32,36,38-39H,28-31H2,1-13H3/t32-,36+,38-,39-/m0/s1. The van der Waals surface area contributed by atoms with Gasteiger partial charge in [0, 0.05) is 40.4 Å². The lowest BCUT2D eigenvalue weighted by molar-refractivity contribution is -0.149. The van der Waals surface area contributed by atoms with Crippen LogP contribution in [0.5, 0.6) is 5.75 Å². The van der Waals surface area contributed by atoms with E-state index < -0.39 is 70.2 Å². The van der Waals surface area contributed by atoms with E-state index in [-0.39, 0.29) is 31.5 Å². The Morgan fingerprint density at radius 1 is 0.603 bits per heavy atom. The highest BCUT2D eigenvalue weighted by Gasteiger charge is 2.39. The lowest BCUT2D eigenvalue weighted by atomic mass is 9.92. The molecular weight excluding hydrogens is 767 g/mol. The monoisotopic (exact) mass is 831 g/mol. The van der Waals surface area contributed by atoms with Crippen LogP contribution in [0, 0.1) is 5.92 Å². The van der Waals surface area contributed by atoms with E-state index in [1.165, 1.54) is 21.7 Å². The van der Waals surface area contributed by atoms with E-state index in [9.17, 15) is 24.0 Å². The number of hydrogen-bond donors (Lipinski definition) is 0. The van der Waals surface area contributed by atoms with E-state index in [4.69, 9.17) is 13.6 Å². The molecule has 0 bridgehead atoms. The van der Waals surface area contributed by atoms with Crippen molar-refractivity contribution in [3.63, 3.8) is 0 Å². The molecule has 0 N–H and O–H groups in total. The van der Waals surface area contributed by atoms with Crippen LogP contribution in [0.25, 0.3) is 0 Å². The van der Waals surface area contributed by atoms with Crippen LogP contribution in [0.3, 0.4) is 0 Å². The molecule has 3 rings (SSSR count). The molecule has 0 saturated carbocycles. The second kappa shape index (κ2) is 20.3. The number of Topliss-reactive ketones (excluding diaryl/α,β-unsaturated/α-hetero) is 1. The van der Waals surface area contributed by atoms with Crippen LogP contribution in [0.4, 0.5) is 4.79 Å². The molecule has 0 aliphatic rings. The van der Waals surface area contributed by atoms with Crippen molar-refractivity contribution in [2.24, 2.45) is 5.92 Å². The number of rotatable bonds is 18. The van der Waals surface area contributed by atoms with Crippen LogP contribution < -0.4 is 4.43 Å². The molecule has 0 heterocycles. The summed E-state index contributed by atoms with van der Waals surface area (Å²) in [7, 11) is 0.497.